The van der Waals surface area contributed by atoms with Crippen LogP contribution in [0.25, 0.3) is 0 Å². The zero-order chi connectivity index (χ0) is 13.8. The van der Waals surface area contributed by atoms with Gasteiger partial charge >= 0.3 is 0 Å². The molecule has 0 saturated heterocycles. The first kappa shape index (κ1) is 13.6. The topological polar surface area (TPSA) is 46.2 Å². The lowest BCUT2D eigenvalue weighted by Gasteiger charge is -2.22. The van der Waals surface area contributed by atoms with E-state index < -0.39 is 11.6 Å². The van der Waals surface area contributed by atoms with E-state index in [2.05, 4.69) is 5.32 Å². The van der Waals surface area contributed by atoms with Crippen LogP contribution in [0.3, 0.4) is 0 Å². The number of hydrogen-bond acceptors (Lipinski definition) is 2. The standard InChI is InChI=1S/C14H15F2NO2/c15-10-2-1-9(13(16)8-10)7-14(19)17-11-3-5-12(18)6-4-11/h1-2,8,11H,3-7H2,(H,17,19). The second kappa shape index (κ2) is 5.91. The van der Waals surface area contributed by atoms with Crippen LogP contribution in [0.15, 0.2) is 18.2 Å². The van der Waals surface area contributed by atoms with E-state index in [4.69, 9.17) is 0 Å². The molecule has 1 saturated carbocycles. The summed E-state index contributed by atoms with van der Waals surface area (Å²) in [5.74, 6) is -1.46. The van der Waals surface area contributed by atoms with Crippen LogP contribution < -0.4 is 5.32 Å². The monoisotopic (exact) mass is 267 g/mol. The van der Waals surface area contributed by atoms with Crippen LogP contribution >= 0.6 is 0 Å². The second-order valence-corrected chi connectivity index (χ2v) is 4.79. The molecule has 0 aliphatic heterocycles. The molecule has 0 atom stereocenters. The van der Waals surface area contributed by atoms with E-state index in [1.807, 2.05) is 0 Å². The number of hydrogen-bond donors (Lipinski definition) is 1. The molecule has 5 heteroatoms. The molecule has 0 heterocycles. The summed E-state index contributed by atoms with van der Waals surface area (Å²) < 4.78 is 26.1. The highest BCUT2D eigenvalue weighted by atomic mass is 19.1. The third kappa shape index (κ3) is 3.84. The van der Waals surface area contributed by atoms with E-state index in [0.717, 1.165) is 12.1 Å². The average Bonchev–Trinajstić information content (AvgIpc) is 2.36. The number of Topliss-reactive ketones (excluding diaryl/α,β-unsaturated/α-hetero) is 1. The fraction of sp³-hybridized carbons (Fsp3) is 0.429. The zero-order valence-corrected chi connectivity index (χ0v) is 10.4. The van der Waals surface area contributed by atoms with E-state index in [-0.39, 0.29) is 29.7 Å². The van der Waals surface area contributed by atoms with Crippen LogP contribution in [0.4, 0.5) is 8.78 Å². The van der Waals surface area contributed by atoms with Crippen molar-refractivity contribution in [2.75, 3.05) is 0 Å². The van der Waals surface area contributed by atoms with Crippen molar-refractivity contribution in [2.45, 2.75) is 38.1 Å². The average molecular weight is 267 g/mol. The predicted octanol–water partition coefficient (Wildman–Crippen LogP) is 2.14. The first-order valence-corrected chi connectivity index (χ1v) is 6.29. The number of ketones is 1. The Balaban J connectivity index is 1.89. The van der Waals surface area contributed by atoms with Gasteiger partial charge in [0.05, 0.1) is 6.42 Å². The summed E-state index contributed by atoms with van der Waals surface area (Å²) in [5.41, 5.74) is 0.172. The molecule has 1 aliphatic rings. The molecule has 1 fully saturated rings. The Hall–Kier alpha value is -1.78. The molecule has 1 aromatic carbocycles. The van der Waals surface area contributed by atoms with Crippen molar-refractivity contribution in [1.29, 1.82) is 0 Å². The summed E-state index contributed by atoms with van der Waals surface area (Å²) in [7, 11) is 0. The highest BCUT2D eigenvalue weighted by molar-refractivity contribution is 5.81. The molecule has 1 N–H and O–H groups in total. The lowest BCUT2D eigenvalue weighted by atomic mass is 9.94. The van der Waals surface area contributed by atoms with Gasteiger partial charge in [-0.1, -0.05) is 6.07 Å². The summed E-state index contributed by atoms with van der Waals surface area (Å²) in [6.07, 6.45) is 2.12. The molecular weight excluding hydrogens is 252 g/mol. The normalized spacial score (nSPS) is 16.4. The molecule has 2 rings (SSSR count). The molecule has 1 aromatic rings. The van der Waals surface area contributed by atoms with E-state index in [1.165, 1.54) is 6.07 Å². The van der Waals surface area contributed by atoms with Gasteiger partial charge in [0.25, 0.3) is 0 Å². The van der Waals surface area contributed by atoms with Crippen molar-refractivity contribution in [3.63, 3.8) is 0 Å². The largest absolute Gasteiger partial charge is 0.353 e. The number of amides is 1. The predicted molar refractivity (Wildman–Crippen MR) is 65.5 cm³/mol. The highest BCUT2D eigenvalue weighted by Crippen LogP contribution is 2.15. The van der Waals surface area contributed by atoms with Gasteiger partial charge in [0.2, 0.25) is 5.91 Å². The van der Waals surface area contributed by atoms with Crippen LogP contribution in [-0.2, 0) is 16.0 Å². The van der Waals surface area contributed by atoms with Gasteiger partial charge in [0.1, 0.15) is 17.4 Å². The molecule has 102 valence electrons. The van der Waals surface area contributed by atoms with Crippen molar-refractivity contribution >= 4 is 11.7 Å². The Morgan fingerprint density at radius 2 is 1.95 bits per heavy atom. The maximum atomic E-state index is 13.4. The van der Waals surface area contributed by atoms with Gasteiger partial charge < -0.3 is 5.32 Å². The highest BCUT2D eigenvalue weighted by Gasteiger charge is 2.20. The van der Waals surface area contributed by atoms with Gasteiger partial charge in [0, 0.05) is 24.9 Å². The van der Waals surface area contributed by atoms with Crippen LogP contribution in [0.1, 0.15) is 31.2 Å². The molecule has 0 unspecified atom stereocenters. The summed E-state index contributed by atoms with van der Waals surface area (Å²) in [5, 5.41) is 2.78. The van der Waals surface area contributed by atoms with Crippen LogP contribution in [0.5, 0.6) is 0 Å². The Morgan fingerprint density at radius 3 is 2.58 bits per heavy atom. The molecule has 0 radical (unpaired) electrons. The van der Waals surface area contributed by atoms with Crippen molar-refractivity contribution in [3.05, 3.63) is 35.4 Å². The van der Waals surface area contributed by atoms with Crippen molar-refractivity contribution < 1.29 is 18.4 Å². The molecule has 1 aliphatic carbocycles. The third-order valence-electron chi connectivity index (χ3n) is 3.27. The maximum Gasteiger partial charge on any atom is 0.224 e. The Labute approximate surface area is 110 Å². The number of halogens is 2. The first-order chi connectivity index (χ1) is 9.04. The van der Waals surface area contributed by atoms with Crippen molar-refractivity contribution in [1.82, 2.24) is 5.32 Å². The molecule has 0 spiro atoms. The van der Waals surface area contributed by atoms with E-state index in [9.17, 15) is 18.4 Å². The van der Waals surface area contributed by atoms with E-state index in [0.29, 0.717) is 25.7 Å². The summed E-state index contributed by atoms with van der Waals surface area (Å²) in [6, 6.07) is 3.15. The van der Waals surface area contributed by atoms with Gasteiger partial charge in [-0.25, -0.2) is 8.78 Å². The lowest BCUT2D eigenvalue weighted by molar-refractivity contribution is -0.124. The molecular formula is C14H15F2NO2. The SMILES string of the molecule is O=C1CCC(NC(=O)Cc2ccc(F)cc2F)CC1. The third-order valence-corrected chi connectivity index (χ3v) is 3.27. The minimum absolute atomic E-state index is 0.0197. The van der Waals surface area contributed by atoms with Crippen molar-refractivity contribution in [3.8, 4) is 0 Å². The number of nitrogens with one attached hydrogen (secondary N) is 1. The number of carbonyl (C=O) groups is 2. The maximum absolute atomic E-state index is 13.4. The Bertz CT molecular complexity index is 492. The van der Waals surface area contributed by atoms with E-state index in [1.54, 1.807) is 0 Å². The molecule has 0 aromatic heterocycles. The number of carbonyl (C=O) groups excluding carboxylic acids is 2. The smallest absolute Gasteiger partial charge is 0.224 e. The fourth-order valence-electron chi connectivity index (χ4n) is 2.20. The molecule has 3 nitrogen and oxygen atoms in total. The minimum atomic E-state index is -0.714. The first-order valence-electron chi connectivity index (χ1n) is 6.29. The van der Waals surface area contributed by atoms with Crippen LogP contribution in [0, 0.1) is 11.6 Å². The van der Waals surface area contributed by atoms with E-state index >= 15 is 0 Å². The Morgan fingerprint density at radius 1 is 1.26 bits per heavy atom. The van der Waals surface area contributed by atoms with Crippen LogP contribution in [-0.4, -0.2) is 17.7 Å². The molecule has 19 heavy (non-hydrogen) atoms. The lowest BCUT2D eigenvalue weighted by Crippen LogP contribution is -2.38. The molecule has 1 amide bonds. The van der Waals surface area contributed by atoms with Crippen LogP contribution in [0.2, 0.25) is 0 Å². The van der Waals surface area contributed by atoms with Gasteiger partial charge in [-0.3, -0.25) is 9.59 Å². The molecule has 0 bridgehead atoms. The van der Waals surface area contributed by atoms with Gasteiger partial charge in [-0.2, -0.15) is 0 Å². The van der Waals surface area contributed by atoms with Gasteiger partial charge in [-0.15, -0.1) is 0 Å². The number of benzene rings is 1. The fourth-order valence-corrected chi connectivity index (χ4v) is 2.20. The quantitative estimate of drug-likeness (QED) is 0.912. The Kier molecular flexibility index (Phi) is 4.24. The van der Waals surface area contributed by atoms with Crippen molar-refractivity contribution in [2.24, 2.45) is 0 Å². The number of rotatable bonds is 3. The minimum Gasteiger partial charge on any atom is -0.353 e. The summed E-state index contributed by atoms with van der Waals surface area (Å²) in [6.45, 7) is 0. The summed E-state index contributed by atoms with van der Waals surface area (Å²) in [4.78, 5) is 22.8. The summed E-state index contributed by atoms with van der Waals surface area (Å²) >= 11 is 0. The van der Waals surface area contributed by atoms with Gasteiger partial charge in [0.15, 0.2) is 0 Å². The zero-order valence-electron chi connectivity index (χ0n) is 10.4. The van der Waals surface area contributed by atoms with Gasteiger partial charge in [-0.05, 0) is 24.5 Å². The second-order valence-electron chi connectivity index (χ2n) is 4.79.